The first-order valence-corrected chi connectivity index (χ1v) is 10.5. The molecule has 1 aliphatic rings. The number of amides is 1. The Hall–Kier alpha value is -2.93. The predicted octanol–water partition coefficient (Wildman–Crippen LogP) is 3.79. The summed E-state index contributed by atoms with van der Waals surface area (Å²) in [5.41, 5.74) is 2.88. The van der Waals surface area contributed by atoms with Crippen LogP contribution in [0.1, 0.15) is 36.7 Å². The summed E-state index contributed by atoms with van der Waals surface area (Å²) in [7, 11) is 0. The first-order chi connectivity index (χ1) is 14.4. The highest BCUT2D eigenvalue weighted by Crippen LogP contribution is 2.20. The molecule has 7 nitrogen and oxygen atoms in total. The molecule has 3 rings (SSSR count). The molecule has 0 saturated carbocycles. The number of benzene rings is 2. The van der Waals surface area contributed by atoms with Gasteiger partial charge in [-0.3, -0.25) is 19.8 Å². The number of carbonyl (C=O) groups is 1. The molecule has 0 aromatic heterocycles. The van der Waals surface area contributed by atoms with Crippen LogP contribution in [-0.4, -0.2) is 59.4 Å². The van der Waals surface area contributed by atoms with Crippen LogP contribution in [0, 0.1) is 10.1 Å². The second-order valence-electron chi connectivity index (χ2n) is 7.92. The molecule has 160 valence electrons. The minimum atomic E-state index is -0.369. The standard InChI is InChI=1S/C23H30N4O3/c1-4-26(18(2)3)21-10-8-20(9-11-21)23(28)25-14-12-24(13-15-25)17-19-6-5-7-22(16-19)27(29)30/h5-11,16,18H,4,12-15,17H2,1-3H3. The number of nitrogens with zero attached hydrogens (tertiary/aromatic N) is 4. The monoisotopic (exact) mass is 410 g/mol. The molecular weight excluding hydrogens is 380 g/mol. The zero-order chi connectivity index (χ0) is 21.7. The van der Waals surface area contributed by atoms with Gasteiger partial charge in [-0.2, -0.15) is 0 Å². The molecule has 0 spiro atoms. The third kappa shape index (κ3) is 5.16. The van der Waals surface area contributed by atoms with E-state index in [-0.39, 0.29) is 16.5 Å². The second-order valence-corrected chi connectivity index (χ2v) is 7.92. The van der Waals surface area contributed by atoms with E-state index in [1.807, 2.05) is 35.2 Å². The van der Waals surface area contributed by atoms with Gasteiger partial charge in [0.15, 0.2) is 0 Å². The van der Waals surface area contributed by atoms with Gasteiger partial charge in [0.05, 0.1) is 4.92 Å². The van der Waals surface area contributed by atoms with Gasteiger partial charge in [-0.15, -0.1) is 0 Å². The number of hydrogen-bond acceptors (Lipinski definition) is 5. The van der Waals surface area contributed by atoms with Crippen LogP contribution in [0.5, 0.6) is 0 Å². The van der Waals surface area contributed by atoms with Crippen molar-refractivity contribution in [2.24, 2.45) is 0 Å². The number of nitro benzene ring substituents is 1. The Morgan fingerprint density at radius 1 is 1.10 bits per heavy atom. The van der Waals surface area contributed by atoms with Crippen molar-refractivity contribution in [2.75, 3.05) is 37.6 Å². The highest BCUT2D eigenvalue weighted by Gasteiger charge is 2.22. The number of carbonyl (C=O) groups excluding carboxylic acids is 1. The minimum Gasteiger partial charge on any atom is -0.369 e. The van der Waals surface area contributed by atoms with Crippen molar-refractivity contribution in [3.63, 3.8) is 0 Å². The van der Waals surface area contributed by atoms with Crippen molar-refractivity contribution >= 4 is 17.3 Å². The number of anilines is 1. The lowest BCUT2D eigenvalue weighted by Gasteiger charge is -2.35. The van der Waals surface area contributed by atoms with E-state index in [4.69, 9.17) is 0 Å². The molecule has 2 aromatic rings. The molecule has 0 atom stereocenters. The van der Waals surface area contributed by atoms with Gasteiger partial charge < -0.3 is 9.80 Å². The Morgan fingerprint density at radius 2 is 1.77 bits per heavy atom. The highest BCUT2D eigenvalue weighted by atomic mass is 16.6. The normalized spacial score (nSPS) is 14.7. The smallest absolute Gasteiger partial charge is 0.269 e. The van der Waals surface area contributed by atoms with E-state index in [1.165, 1.54) is 6.07 Å². The highest BCUT2D eigenvalue weighted by molar-refractivity contribution is 5.94. The van der Waals surface area contributed by atoms with Crippen molar-refractivity contribution in [1.82, 2.24) is 9.80 Å². The van der Waals surface area contributed by atoms with Crippen LogP contribution < -0.4 is 4.90 Å². The maximum absolute atomic E-state index is 12.9. The molecule has 1 fully saturated rings. The number of hydrogen-bond donors (Lipinski definition) is 0. The van der Waals surface area contributed by atoms with Crippen molar-refractivity contribution in [1.29, 1.82) is 0 Å². The summed E-state index contributed by atoms with van der Waals surface area (Å²) in [5.74, 6) is 0.0594. The minimum absolute atomic E-state index is 0.0594. The molecule has 30 heavy (non-hydrogen) atoms. The van der Waals surface area contributed by atoms with Gasteiger partial charge in [-0.1, -0.05) is 12.1 Å². The average molecular weight is 411 g/mol. The maximum Gasteiger partial charge on any atom is 0.269 e. The van der Waals surface area contributed by atoms with Crippen molar-refractivity contribution in [3.05, 3.63) is 69.8 Å². The Bertz CT molecular complexity index is 874. The Morgan fingerprint density at radius 3 is 2.33 bits per heavy atom. The van der Waals surface area contributed by atoms with Gasteiger partial charge in [0.2, 0.25) is 0 Å². The van der Waals surface area contributed by atoms with Crippen LogP contribution in [0.25, 0.3) is 0 Å². The van der Waals surface area contributed by atoms with Crippen LogP contribution in [-0.2, 0) is 6.54 Å². The summed E-state index contributed by atoms with van der Waals surface area (Å²) in [5, 5.41) is 11.0. The van der Waals surface area contributed by atoms with Gasteiger partial charge in [0.1, 0.15) is 0 Å². The Balaban J connectivity index is 1.56. The quantitative estimate of drug-likeness (QED) is 0.513. The largest absolute Gasteiger partial charge is 0.369 e. The summed E-state index contributed by atoms with van der Waals surface area (Å²) in [6.07, 6.45) is 0. The lowest BCUT2D eigenvalue weighted by Crippen LogP contribution is -2.48. The van der Waals surface area contributed by atoms with Gasteiger partial charge in [0.25, 0.3) is 11.6 Å². The average Bonchev–Trinajstić information content (AvgIpc) is 2.75. The van der Waals surface area contributed by atoms with E-state index in [0.29, 0.717) is 31.2 Å². The molecule has 0 radical (unpaired) electrons. The van der Waals surface area contributed by atoms with Crippen LogP contribution in [0.4, 0.5) is 11.4 Å². The van der Waals surface area contributed by atoms with E-state index < -0.39 is 0 Å². The summed E-state index contributed by atoms with van der Waals surface area (Å²) < 4.78 is 0. The molecule has 0 unspecified atom stereocenters. The van der Waals surface area contributed by atoms with Crippen LogP contribution >= 0.6 is 0 Å². The zero-order valence-electron chi connectivity index (χ0n) is 18.0. The first-order valence-electron chi connectivity index (χ1n) is 10.5. The summed E-state index contributed by atoms with van der Waals surface area (Å²) in [6, 6.07) is 15.0. The van der Waals surface area contributed by atoms with Gasteiger partial charge in [0, 0.05) is 68.7 Å². The molecular formula is C23H30N4O3. The molecule has 0 aliphatic carbocycles. The van der Waals surface area contributed by atoms with Gasteiger partial charge >= 0.3 is 0 Å². The molecule has 7 heteroatoms. The second kappa shape index (κ2) is 9.71. The number of rotatable bonds is 7. The lowest BCUT2D eigenvalue weighted by atomic mass is 10.1. The van der Waals surface area contributed by atoms with Crippen molar-refractivity contribution < 1.29 is 9.72 Å². The molecule has 2 aromatic carbocycles. The van der Waals surface area contributed by atoms with Gasteiger partial charge in [-0.05, 0) is 50.6 Å². The zero-order valence-corrected chi connectivity index (χ0v) is 18.0. The molecule has 1 heterocycles. The fourth-order valence-corrected chi connectivity index (χ4v) is 3.96. The lowest BCUT2D eigenvalue weighted by molar-refractivity contribution is -0.384. The number of piperazine rings is 1. The van der Waals surface area contributed by atoms with E-state index >= 15 is 0 Å². The predicted molar refractivity (Wildman–Crippen MR) is 119 cm³/mol. The molecule has 1 amide bonds. The molecule has 1 aliphatic heterocycles. The third-order valence-corrected chi connectivity index (χ3v) is 5.60. The van der Waals surface area contributed by atoms with Crippen LogP contribution in [0.15, 0.2) is 48.5 Å². The molecule has 0 N–H and O–H groups in total. The van der Waals surface area contributed by atoms with Crippen LogP contribution in [0.2, 0.25) is 0 Å². The maximum atomic E-state index is 12.9. The van der Waals surface area contributed by atoms with E-state index in [9.17, 15) is 14.9 Å². The first kappa shape index (κ1) is 21.8. The van der Waals surface area contributed by atoms with Crippen molar-refractivity contribution in [2.45, 2.75) is 33.4 Å². The summed E-state index contributed by atoms with van der Waals surface area (Å²) in [4.78, 5) is 29.9. The van der Waals surface area contributed by atoms with E-state index in [0.717, 1.165) is 30.9 Å². The Labute approximate surface area is 178 Å². The van der Waals surface area contributed by atoms with E-state index in [2.05, 4.69) is 30.6 Å². The third-order valence-electron chi connectivity index (χ3n) is 5.60. The van der Waals surface area contributed by atoms with E-state index in [1.54, 1.807) is 12.1 Å². The fraction of sp³-hybridized carbons (Fsp3) is 0.435. The van der Waals surface area contributed by atoms with Gasteiger partial charge in [-0.25, -0.2) is 0 Å². The summed E-state index contributed by atoms with van der Waals surface area (Å²) >= 11 is 0. The number of nitro groups is 1. The van der Waals surface area contributed by atoms with Crippen LogP contribution in [0.3, 0.4) is 0 Å². The van der Waals surface area contributed by atoms with Crippen molar-refractivity contribution in [3.8, 4) is 0 Å². The molecule has 0 bridgehead atoms. The summed E-state index contributed by atoms with van der Waals surface area (Å²) in [6.45, 7) is 10.9. The Kier molecular flexibility index (Phi) is 7.05. The topological polar surface area (TPSA) is 69.9 Å². The SMILES string of the molecule is CCN(c1ccc(C(=O)N2CCN(Cc3cccc([N+](=O)[O-])c3)CC2)cc1)C(C)C. The number of non-ortho nitro benzene ring substituents is 1. The molecule has 1 saturated heterocycles. The fourth-order valence-electron chi connectivity index (χ4n) is 3.96.